The molecule has 10 heteroatoms. The highest BCUT2D eigenvalue weighted by Crippen LogP contribution is 2.48. The van der Waals surface area contributed by atoms with Gasteiger partial charge in [0.1, 0.15) is 0 Å². The van der Waals surface area contributed by atoms with Gasteiger partial charge in [-0.2, -0.15) is 26.3 Å². The van der Waals surface area contributed by atoms with Crippen LogP contribution in [0.2, 0.25) is 15.1 Å². The summed E-state index contributed by atoms with van der Waals surface area (Å²) >= 11 is 17.4. The highest BCUT2D eigenvalue weighted by atomic mass is 35.5. The van der Waals surface area contributed by atoms with Crippen molar-refractivity contribution < 1.29 is 26.3 Å². The first kappa shape index (κ1) is 18.2. The standard InChI is InChI=1S/C13H4Cl3F6N/c14-6-1-2-7(15)10(16)8(6)5-3-4-23-11(13(20,21)22)9(5)12(17,18)19/h1-4H. The van der Waals surface area contributed by atoms with E-state index in [1.54, 1.807) is 0 Å². The molecule has 0 radical (unpaired) electrons. The van der Waals surface area contributed by atoms with Crippen molar-refractivity contribution in [3.05, 3.63) is 50.7 Å². The van der Waals surface area contributed by atoms with Crippen LogP contribution in [-0.2, 0) is 12.4 Å². The maximum absolute atomic E-state index is 13.2. The summed E-state index contributed by atoms with van der Waals surface area (Å²) in [5.74, 6) is 0. The predicted octanol–water partition coefficient (Wildman–Crippen LogP) is 6.75. The van der Waals surface area contributed by atoms with Gasteiger partial charge in [0, 0.05) is 17.3 Å². The van der Waals surface area contributed by atoms with Gasteiger partial charge in [0.05, 0.1) is 20.6 Å². The van der Waals surface area contributed by atoms with E-state index in [0.717, 1.165) is 12.1 Å². The van der Waals surface area contributed by atoms with E-state index in [1.165, 1.54) is 6.07 Å². The number of nitrogens with zero attached hydrogens (tertiary/aromatic N) is 1. The first-order chi connectivity index (χ1) is 10.4. The van der Waals surface area contributed by atoms with Crippen molar-refractivity contribution in [3.63, 3.8) is 0 Å². The Bertz CT molecular complexity index is 755. The molecular formula is C13H4Cl3F6N. The molecule has 0 aliphatic carbocycles. The van der Waals surface area contributed by atoms with Gasteiger partial charge in [0.2, 0.25) is 0 Å². The number of pyridine rings is 1. The Morgan fingerprint density at radius 3 is 1.87 bits per heavy atom. The average Bonchev–Trinajstić information content (AvgIpc) is 2.41. The second-order valence-electron chi connectivity index (χ2n) is 4.30. The minimum atomic E-state index is -5.33. The molecule has 0 amide bonds. The van der Waals surface area contributed by atoms with Crippen molar-refractivity contribution in [1.82, 2.24) is 4.98 Å². The largest absolute Gasteiger partial charge is 0.433 e. The fourth-order valence-corrected chi connectivity index (χ4v) is 2.68. The van der Waals surface area contributed by atoms with E-state index in [0.29, 0.717) is 6.20 Å². The van der Waals surface area contributed by atoms with Crippen molar-refractivity contribution in [3.8, 4) is 11.1 Å². The molecule has 1 nitrogen and oxygen atoms in total. The molecule has 124 valence electrons. The van der Waals surface area contributed by atoms with Crippen molar-refractivity contribution in [1.29, 1.82) is 0 Å². The zero-order valence-corrected chi connectivity index (χ0v) is 12.9. The van der Waals surface area contributed by atoms with Crippen LogP contribution in [-0.4, -0.2) is 4.98 Å². The summed E-state index contributed by atoms with van der Waals surface area (Å²) in [4.78, 5) is 2.82. The molecule has 0 unspecified atom stereocenters. The molecule has 0 saturated heterocycles. The molecule has 0 bridgehead atoms. The monoisotopic (exact) mass is 393 g/mol. The summed E-state index contributed by atoms with van der Waals surface area (Å²) in [5.41, 5.74) is -5.34. The Kier molecular flexibility index (Phi) is 4.76. The van der Waals surface area contributed by atoms with Crippen LogP contribution in [0.1, 0.15) is 11.3 Å². The predicted molar refractivity (Wildman–Crippen MR) is 74.7 cm³/mol. The van der Waals surface area contributed by atoms with E-state index in [-0.39, 0.29) is 15.1 Å². The Morgan fingerprint density at radius 1 is 0.783 bits per heavy atom. The van der Waals surface area contributed by atoms with E-state index in [2.05, 4.69) is 4.98 Å². The van der Waals surface area contributed by atoms with Gasteiger partial charge in [0.25, 0.3) is 0 Å². The number of hydrogen-bond donors (Lipinski definition) is 0. The van der Waals surface area contributed by atoms with Gasteiger partial charge in [-0.25, -0.2) is 0 Å². The van der Waals surface area contributed by atoms with Crippen LogP contribution in [0.15, 0.2) is 24.4 Å². The summed E-state index contributed by atoms with van der Waals surface area (Å²) in [6.07, 6.45) is -10.0. The molecule has 1 aromatic carbocycles. The Hall–Kier alpha value is -1.18. The van der Waals surface area contributed by atoms with E-state index in [4.69, 9.17) is 34.8 Å². The summed E-state index contributed by atoms with van der Waals surface area (Å²) < 4.78 is 78.4. The Balaban J connectivity index is 2.93. The van der Waals surface area contributed by atoms with Crippen molar-refractivity contribution in [2.75, 3.05) is 0 Å². The molecule has 0 atom stereocenters. The number of rotatable bonds is 1. The third-order valence-electron chi connectivity index (χ3n) is 2.82. The minimum absolute atomic E-state index is 0.149. The molecule has 0 aliphatic heterocycles. The third kappa shape index (κ3) is 3.51. The lowest BCUT2D eigenvalue weighted by molar-refractivity contribution is -0.164. The molecular weight excluding hydrogens is 390 g/mol. The summed E-state index contributed by atoms with van der Waals surface area (Å²) in [6.45, 7) is 0. The molecule has 0 fully saturated rings. The first-order valence-corrected chi connectivity index (χ1v) is 6.85. The van der Waals surface area contributed by atoms with Gasteiger partial charge in [0.15, 0.2) is 5.69 Å². The molecule has 0 aliphatic rings. The van der Waals surface area contributed by atoms with Crippen LogP contribution in [0.3, 0.4) is 0 Å². The average molecular weight is 395 g/mol. The van der Waals surface area contributed by atoms with Crippen LogP contribution in [0.5, 0.6) is 0 Å². The first-order valence-electron chi connectivity index (χ1n) is 5.72. The number of hydrogen-bond acceptors (Lipinski definition) is 1. The second kappa shape index (κ2) is 6.03. The van der Waals surface area contributed by atoms with Crippen molar-refractivity contribution in [2.24, 2.45) is 0 Å². The highest BCUT2D eigenvalue weighted by Gasteiger charge is 2.46. The van der Waals surface area contributed by atoms with Gasteiger partial charge in [-0.15, -0.1) is 0 Å². The lowest BCUT2D eigenvalue weighted by Crippen LogP contribution is -2.19. The number of benzene rings is 1. The second-order valence-corrected chi connectivity index (χ2v) is 5.49. The van der Waals surface area contributed by atoms with Crippen LogP contribution < -0.4 is 0 Å². The van der Waals surface area contributed by atoms with Gasteiger partial charge < -0.3 is 0 Å². The number of aromatic nitrogens is 1. The highest BCUT2D eigenvalue weighted by molar-refractivity contribution is 6.46. The fourth-order valence-electron chi connectivity index (χ4n) is 1.95. The lowest BCUT2D eigenvalue weighted by atomic mass is 9.98. The SMILES string of the molecule is FC(F)(F)c1nccc(-c2c(Cl)ccc(Cl)c2Cl)c1C(F)(F)F. The van der Waals surface area contributed by atoms with Gasteiger partial charge >= 0.3 is 12.4 Å². The molecule has 1 aromatic heterocycles. The zero-order valence-electron chi connectivity index (χ0n) is 10.7. The molecule has 0 N–H and O–H groups in total. The topological polar surface area (TPSA) is 12.9 Å². The molecule has 1 heterocycles. The molecule has 0 saturated carbocycles. The molecule has 2 rings (SSSR count). The normalized spacial score (nSPS) is 12.6. The minimum Gasteiger partial charge on any atom is -0.251 e. The maximum Gasteiger partial charge on any atom is 0.433 e. The maximum atomic E-state index is 13.2. The molecule has 0 spiro atoms. The van der Waals surface area contributed by atoms with E-state index < -0.39 is 34.7 Å². The van der Waals surface area contributed by atoms with E-state index >= 15 is 0 Å². The lowest BCUT2D eigenvalue weighted by Gasteiger charge is -2.19. The fraction of sp³-hybridized carbons (Fsp3) is 0.154. The smallest absolute Gasteiger partial charge is 0.251 e. The van der Waals surface area contributed by atoms with Crippen LogP contribution in [0, 0.1) is 0 Å². The van der Waals surface area contributed by atoms with Crippen molar-refractivity contribution >= 4 is 34.8 Å². The number of alkyl halides is 6. The molecule has 23 heavy (non-hydrogen) atoms. The Morgan fingerprint density at radius 2 is 1.35 bits per heavy atom. The van der Waals surface area contributed by atoms with Crippen LogP contribution in [0.4, 0.5) is 26.3 Å². The molecule has 2 aromatic rings. The van der Waals surface area contributed by atoms with Gasteiger partial charge in [-0.1, -0.05) is 34.8 Å². The van der Waals surface area contributed by atoms with Crippen LogP contribution >= 0.6 is 34.8 Å². The quantitative estimate of drug-likeness (QED) is 0.385. The van der Waals surface area contributed by atoms with Crippen molar-refractivity contribution in [2.45, 2.75) is 12.4 Å². The Labute approximate surface area is 140 Å². The van der Waals surface area contributed by atoms with Gasteiger partial charge in [-0.3, -0.25) is 4.98 Å². The number of halogens is 9. The third-order valence-corrected chi connectivity index (χ3v) is 3.94. The summed E-state index contributed by atoms with van der Waals surface area (Å²) in [5, 5.41) is -0.808. The summed E-state index contributed by atoms with van der Waals surface area (Å²) in [6, 6.07) is 3.11. The van der Waals surface area contributed by atoms with E-state index in [1.807, 2.05) is 0 Å². The zero-order chi connectivity index (χ0) is 17.6. The van der Waals surface area contributed by atoms with Crippen LogP contribution in [0.25, 0.3) is 11.1 Å². The van der Waals surface area contributed by atoms with Gasteiger partial charge in [-0.05, 0) is 18.2 Å². The van der Waals surface area contributed by atoms with E-state index in [9.17, 15) is 26.3 Å². The summed E-state index contributed by atoms with van der Waals surface area (Å²) in [7, 11) is 0.